The summed E-state index contributed by atoms with van der Waals surface area (Å²) in [6, 6.07) is 19.3. The number of carbonyl (C=O) groups is 2. The van der Waals surface area contributed by atoms with Gasteiger partial charge in [-0.15, -0.1) is 0 Å². The van der Waals surface area contributed by atoms with Crippen molar-refractivity contribution in [3.63, 3.8) is 0 Å². The maximum atomic E-state index is 12.6. The summed E-state index contributed by atoms with van der Waals surface area (Å²) in [5.41, 5.74) is 1.86. The average molecular weight is 603 g/mol. The summed E-state index contributed by atoms with van der Waals surface area (Å²) in [6.07, 6.45) is 1.45. The third kappa shape index (κ3) is 8.25. The van der Waals surface area contributed by atoms with Crippen LogP contribution < -0.4 is 20.1 Å². The Labute approximate surface area is 233 Å². The first kappa shape index (κ1) is 28.1. The average Bonchev–Trinajstić information content (AvgIpc) is 2.88. The Morgan fingerprint density at radius 3 is 2.49 bits per heavy atom. The number of halogens is 3. The van der Waals surface area contributed by atoms with E-state index in [1.54, 1.807) is 31.2 Å². The molecule has 0 aliphatic heterocycles. The fourth-order valence-corrected chi connectivity index (χ4v) is 4.04. The molecule has 0 atom stereocenters. The first-order chi connectivity index (χ1) is 17.8. The Bertz CT molecular complexity index is 1360. The lowest BCUT2D eigenvalue weighted by atomic mass is 10.1. The zero-order chi connectivity index (χ0) is 26.8. The number of nitriles is 1. The number of carbonyl (C=O) groups excluding carboxylic acids is 2. The van der Waals surface area contributed by atoms with Crippen LogP contribution in [0.25, 0.3) is 6.08 Å². The van der Waals surface area contributed by atoms with Gasteiger partial charge in [0.05, 0.1) is 21.1 Å². The maximum absolute atomic E-state index is 12.6. The van der Waals surface area contributed by atoms with Crippen molar-refractivity contribution >= 4 is 62.7 Å². The Morgan fingerprint density at radius 1 is 1.05 bits per heavy atom. The molecular formula is C27H22BrCl2N3O4. The molecule has 0 aromatic heterocycles. The van der Waals surface area contributed by atoms with E-state index >= 15 is 0 Å². The zero-order valence-corrected chi connectivity index (χ0v) is 22.8. The van der Waals surface area contributed by atoms with Crippen molar-refractivity contribution in [3.8, 4) is 17.6 Å². The fourth-order valence-electron chi connectivity index (χ4n) is 3.17. The van der Waals surface area contributed by atoms with Gasteiger partial charge in [0.1, 0.15) is 11.6 Å². The second-order valence-electron chi connectivity index (χ2n) is 7.57. The number of hydrogen-bond acceptors (Lipinski definition) is 5. The normalized spacial score (nSPS) is 10.8. The quantitative estimate of drug-likeness (QED) is 0.207. The van der Waals surface area contributed by atoms with Crippen LogP contribution in [0.3, 0.4) is 0 Å². The lowest BCUT2D eigenvalue weighted by Crippen LogP contribution is -2.23. The van der Waals surface area contributed by atoms with Crippen molar-refractivity contribution in [2.75, 3.05) is 18.5 Å². The van der Waals surface area contributed by atoms with Crippen molar-refractivity contribution in [1.82, 2.24) is 5.32 Å². The SMILES string of the molecule is CCOc1cc(/C=C(\C#N)C(=O)NCc2ccccc2)cc(Br)c1OCC(=O)Nc1ccc(Cl)c(Cl)c1. The van der Waals surface area contributed by atoms with Gasteiger partial charge in [0.2, 0.25) is 0 Å². The van der Waals surface area contributed by atoms with Crippen LogP contribution in [0.5, 0.6) is 11.5 Å². The van der Waals surface area contributed by atoms with E-state index in [2.05, 4.69) is 26.6 Å². The third-order valence-electron chi connectivity index (χ3n) is 4.85. The molecule has 3 aromatic rings. The summed E-state index contributed by atoms with van der Waals surface area (Å²) in [4.78, 5) is 24.9. The third-order valence-corrected chi connectivity index (χ3v) is 6.18. The van der Waals surface area contributed by atoms with Gasteiger partial charge in [0, 0.05) is 12.2 Å². The molecule has 0 spiro atoms. The molecule has 3 rings (SSSR count). The summed E-state index contributed by atoms with van der Waals surface area (Å²) < 4.78 is 11.9. The summed E-state index contributed by atoms with van der Waals surface area (Å²) in [6.45, 7) is 2.12. The molecule has 0 bridgehead atoms. The van der Waals surface area contributed by atoms with Crippen molar-refractivity contribution in [2.24, 2.45) is 0 Å². The first-order valence-corrected chi connectivity index (χ1v) is 12.6. The Kier molecular flexibility index (Phi) is 10.4. The van der Waals surface area contributed by atoms with Crippen molar-refractivity contribution < 1.29 is 19.1 Å². The van der Waals surface area contributed by atoms with Crippen molar-refractivity contribution in [3.05, 3.63) is 91.9 Å². The van der Waals surface area contributed by atoms with Gasteiger partial charge >= 0.3 is 0 Å². The highest BCUT2D eigenvalue weighted by Gasteiger charge is 2.16. The monoisotopic (exact) mass is 601 g/mol. The van der Waals surface area contributed by atoms with Gasteiger partial charge < -0.3 is 20.1 Å². The molecular weight excluding hydrogens is 581 g/mol. The molecule has 0 aliphatic rings. The summed E-state index contributed by atoms with van der Waals surface area (Å²) in [5.74, 6) is -0.277. The maximum Gasteiger partial charge on any atom is 0.262 e. The molecule has 0 heterocycles. The molecule has 2 N–H and O–H groups in total. The van der Waals surface area contributed by atoms with Gasteiger partial charge in [-0.3, -0.25) is 9.59 Å². The van der Waals surface area contributed by atoms with Crippen LogP contribution in [0.15, 0.2) is 70.7 Å². The van der Waals surface area contributed by atoms with Gasteiger partial charge in [-0.25, -0.2) is 0 Å². The van der Waals surface area contributed by atoms with Crippen LogP contribution in [0.1, 0.15) is 18.1 Å². The highest BCUT2D eigenvalue weighted by molar-refractivity contribution is 9.10. The number of nitrogens with zero attached hydrogens (tertiary/aromatic N) is 1. The van der Waals surface area contributed by atoms with E-state index in [1.807, 2.05) is 36.4 Å². The predicted molar refractivity (Wildman–Crippen MR) is 148 cm³/mol. The molecule has 0 aliphatic carbocycles. The number of hydrogen-bond donors (Lipinski definition) is 2. The van der Waals surface area contributed by atoms with E-state index in [4.69, 9.17) is 32.7 Å². The van der Waals surface area contributed by atoms with Gasteiger partial charge in [-0.2, -0.15) is 5.26 Å². The van der Waals surface area contributed by atoms with Crippen LogP contribution >= 0.6 is 39.1 Å². The second kappa shape index (κ2) is 13.7. The highest BCUT2D eigenvalue weighted by Crippen LogP contribution is 2.37. The largest absolute Gasteiger partial charge is 0.490 e. The number of nitrogens with one attached hydrogen (secondary N) is 2. The zero-order valence-electron chi connectivity index (χ0n) is 19.7. The van der Waals surface area contributed by atoms with E-state index in [-0.39, 0.29) is 12.2 Å². The van der Waals surface area contributed by atoms with E-state index in [0.717, 1.165) is 5.56 Å². The summed E-state index contributed by atoms with van der Waals surface area (Å²) in [7, 11) is 0. The molecule has 7 nitrogen and oxygen atoms in total. The molecule has 10 heteroatoms. The number of ether oxygens (including phenoxy) is 2. The van der Waals surface area contributed by atoms with Gasteiger partial charge in [-0.1, -0.05) is 53.5 Å². The number of amides is 2. The molecule has 0 radical (unpaired) electrons. The van der Waals surface area contributed by atoms with Crippen LogP contribution in [0.4, 0.5) is 5.69 Å². The van der Waals surface area contributed by atoms with E-state index < -0.39 is 11.8 Å². The minimum absolute atomic E-state index is 0.0695. The Hall–Kier alpha value is -3.51. The molecule has 0 saturated heterocycles. The number of anilines is 1. The van der Waals surface area contributed by atoms with Crippen LogP contribution in [0, 0.1) is 11.3 Å². The summed E-state index contributed by atoms with van der Waals surface area (Å²) >= 11 is 15.3. The van der Waals surface area contributed by atoms with Crippen LogP contribution in [-0.4, -0.2) is 25.0 Å². The highest BCUT2D eigenvalue weighted by atomic mass is 79.9. The lowest BCUT2D eigenvalue weighted by Gasteiger charge is -2.15. The van der Waals surface area contributed by atoms with Gasteiger partial charge in [-0.05, 0) is 70.4 Å². The fraction of sp³-hybridized carbons (Fsp3) is 0.148. The van der Waals surface area contributed by atoms with Crippen LogP contribution in [0.2, 0.25) is 10.0 Å². The predicted octanol–water partition coefficient (Wildman–Crippen LogP) is 6.40. The first-order valence-electron chi connectivity index (χ1n) is 11.1. The standard InChI is InChI=1S/C27H22BrCl2N3O4/c1-2-36-24-12-18(10-19(14-31)27(35)32-15-17-6-4-3-5-7-17)11-21(28)26(24)37-16-25(34)33-20-8-9-22(29)23(30)13-20/h3-13H,2,15-16H2,1H3,(H,32,35)(H,33,34)/b19-10+. The van der Waals surface area contributed by atoms with Crippen LogP contribution in [-0.2, 0) is 16.1 Å². The van der Waals surface area contributed by atoms with Gasteiger partial charge in [0.15, 0.2) is 18.1 Å². The van der Waals surface area contributed by atoms with E-state index in [1.165, 1.54) is 12.1 Å². The molecule has 0 saturated carbocycles. The topological polar surface area (TPSA) is 100 Å². The number of rotatable bonds is 10. The van der Waals surface area contributed by atoms with E-state index in [0.29, 0.717) is 50.4 Å². The Morgan fingerprint density at radius 2 is 1.81 bits per heavy atom. The molecule has 2 amide bonds. The minimum Gasteiger partial charge on any atom is -0.490 e. The van der Waals surface area contributed by atoms with E-state index in [9.17, 15) is 14.9 Å². The minimum atomic E-state index is -0.500. The molecule has 37 heavy (non-hydrogen) atoms. The molecule has 190 valence electrons. The second-order valence-corrected chi connectivity index (χ2v) is 9.24. The van der Waals surface area contributed by atoms with Gasteiger partial charge in [0.25, 0.3) is 11.8 Å². The van der Waals surface area contributed by atoms with Crippen molar-refractivity contribution in [1.29, 1.82) is 5.26 Å². The molecule has 0 unspecified atom stereocenters. The van der Waals surface area contributed by atoms with Crippen molar-refractivity contribution in [2.45, 2.75) is 13.5 Å². The summed E-state index contributed by atoms with van der Waals surface area (Å²) in [5, 5.41) is 15.7. The smallest absolute Gasteiger partial charge is 0.262 e. The molecule has 0 fully saturated rings. The molecule has 3 aromatic carbocycles. The lowest BCUT2D eigenvalue weighted by molar-refractivity contribution is -0.118. The Balaban J connectivity index is 1.72. The number of benzene rings is 3.